The predicted molar refractivity (Wildman–Crippen MR) is 155 cm³/mol. The van der Waals surface area contributed by atoms with Crippen LogP contribution in [-0.2, 0) is 33.2 Å². The number of hydrogen-bond acceptors (Lipinski definition) is 20. The number of carbonyl (C=O) groups excluding carboxylic acids is 1. The molecule has 20 nitrogen and oxygen atoms in total. The molecule has 0 radical (unpaired) electrons. The molecule has 0 saturated carbocycles. The van der Waals surface area contributed by atoms with Crippen LogP contribution < -0.4 is 9.47 Å². The third-order valence-electron chi connectivity index (χ3n) is 8.31. The molecule has 0 spiro atoms. The number of ether oxygens (including phenoxy) is 8. The topological polar surface area (TPSA) is 313 Å². The number of phenolic OH excluding ortho intramolecular Hbond substituents is 1. The van der Waals surface area contributed by atoms with Crippen molar-refractivity contribution < 1.29 is 98.9 Å². The normalized spacial score (nSPS) is 39.6. The third kappa shape index (κ3) is 7.93. The maximum Gasteiger partial charge on any atom is 0.331 e. The Balaban J connectivity index is 1.57. The Kier molecular flexibility index (Phi) is 13.1. The van der Waals surface area contributed by atoms with Gasteiger partial charge in [0.1, 0.15) is 67.6 Å². The average molecular weight is 711 g/mol. The van der Waals surface area contributed by atoms with Gasteiger partial charge in [0, 0.05) is 6.08 Å². The average Bonchev–Trinajstić information content (AvgIpc) is 3.36. The van der Waals surface area contributed by atoms with Gasteiger partial charge in [0.05, 0.1) is 34.0 Å². The lowest BCUT2D eigenvalue weighted by molar-refractivity contribution is -0.399. The lowest BCUT2D eigenvalue weighted by atomic mass is 9.96. The summed E-state index contributed by atoms with van der Waals surface area (Å²) in [5.41, 5.74) is 0.308. The van der Waals surface area contributed by atoms with Crippen molar-refractivity contribution in [3.63, 3.8) is 0 Å². The van der Waals surface area contributed by atoms with E-state index >= 15 is 0 Å². The SMILES string of the molecule is COc1cc(/C=C/C(=O)O[C@H]2[C@H](O)[C@@H](CO)O[C@@]2(CO)O[C@H]2O[C@H](CO)[C@@H](O)[C@H](O[C@@H]3O[C@H](CO)[C@@H](O)[C@H](O)[C@H]3O)[C@H]2O)cc(OC)c1O. The predicted octanol–water partition coefficient (Wildman–Crippen LogP) is -5.58. The second kappa shape index (κ2) is 16.5. The molecule has 4 rings (SSSR count). The summed E-state index contributed by atoms with van der Waals surface area (Å²) in [4.78, 5) is 12.9. The number of rotatable bonds is 13. The standard InChI is InChI=1S/C29H42O20/c1-42-12-5-11(6-13(43-2)18(12)35)3-4-17(34)46-26-21(38)16(9-32)48-29(26,10-33)49-28-24(41)25(20(37)15(8-31)45-28)47-27-23(40)22(39)19(36)14(7-30)44-27/h3-6,14-16,19-28,30-33,35-41H,7-10H2,1-2H3/b4-3+/t14-,15-,16-,19-,20-,21-,22+,23-,24-,25+,26+,27+,28-,29+/m1/s1. The van der Waals surface area contributed by atoms with Crippen LogP contribution in [0.25, 0.3) is 6.08 Å². The fourth-order valence-corrected chi connectivity index (χ4v) is 5.59. The maximum atomic E-state index is 12.9. The van der Waals surface area contributed by atoms with Crippen LogP contribution >= 0.6 is 0 Å². The Bertz CT molecular complexity index is 1250. The van der Waals surface area contributed by atoms with E-state index in [1.807, 2.05) is 0 Å². The summed E-state index contributed by atoms with van der Waals surface area (Å²) in [5, 5.41) is 113. The minimum absolute atomic E-state index is 0.0247. The molecule has 278 valence electrons. The number of benzene rings is 1. The van der Waals surface area contributed by atoms with Crippen molar-refractivity contribution in [3.05, 3.63) is 23.8 Å². The van der Waals surface area contributed by atoms with Crippen LogP contribution in [0.1, 0.15) is 5.56 Å². The van der Waals surface area contributed by atoms with E-state index < -0.39 is 118 Å². The lowest BCUT2D eigenvalue weighted by Gasteiger charge is -2.47. The number of esters is 1. The molecule has 20 heteroatoms. The molecule has 3 aliphatic rings. The first kappa shape index (κ1) is 39.0. The Morgan fingerprint density at radius 3 is 1.90 bits per heavy atom. The summed E-state index contributed by atoms with van der Waals surface area (Å²) >= 11 is 0. The zero-order chi connectivity index (χ0) is 36.2. The van der Waals surface area contributed by atoms with Gasteiger partial charge in [-0.1, -0.05) is 0 Å². The Morgan fingerprint density at radius 1 is 0.776 bits per heavy atom. The van der Waals surface area contributed by atoms with Crippen molar-refractivity contribution in [1.29, 1.82) is 0 Å². The quantitative estimate of drug-likeness (QED) is 0.0671. The van der Waals surface area contributed by atoms with E-state index in [0.29, 0.717) is 5.56 Å². The minimum atomic E-state index is -2.55. The molecule has 11 N–H and O–H groups in total. The largest absolute Gasteiger partial charge is 0.502 e. The van der Waals surface area contributed by atoms with Gasteiger partial charge in [-0.2, -0.15) is 0 Å². The van der Waals surface area contributed by atoms with Gasteiger partial charge >= 0.3 is 5.97 Å². The number of carbonyl (C=O) groups is 1. The highest BCUT2D eigenvalue weighted by atomic mass is 16.8. The molecule has 3 fully saturated rings. The minimum Gasteiger partial charge on any atom is -0.502 e. The molecule has 3 saturated heterocycles. The number of methoxy groups -OCH3 is 2. The number of aliphatic hydroxyl groups is 10. The number of hydrogen-bond donors (Lipinski definition) is 11. The van der Waals surface area contributed by atoms with Crippen LogP contribution in [0, 0.1) is 0 Å². The Labute approximate surface area is 278 Å². The summed E-state index contributed by atoms with van der Waals surface area (Å²) in [5.74, 6) is -3.92. The van der Waals surface area contributed by atoms with Crippen molar-refractivity contribution in [3.8, 4) is 17.2 Å². The fraction of sp³-hybridized carbons (Fsp3) is 0.690. The molecule has 1 aromatic rings. The smallest absolute Gasteiger partial charge is 0.331 e. The van der Waals surface area contributed by atoms with E-state index in [2.05, 4.69) is 0 Å². The first-order valence-electron chi connectivity index (χ1n) is 15.0. The molecule has 1 aromatic carbocycles. The van der Waals surface area contributed by atoms with Crippen LogP contribution in [0.15, 0.2) is 18.2 Å². The van der Waals surface area contributed by atoms with Gasteiger partial charge in [-0.15, -0.1) is 0 Å². The van der Waals surface area contributed by atoms with Crippen molar-refractivity contribution >= 4 is 12.0 Å². The molecule has 49 heavy (non-hydrogen) atoms. The highest BCUT2D eigenvalue weighted by molar-refractivity contribution is 5.87. The van der Waals surface area contributed by atoms with Crippen molar-refractivity contribution in [1.82, 2.24) is 0 Å². The lowest BCUT2D eigenvalue weighted by Crippen LogP contribution is -2.66. The summed E-state index contributed by atoms with van der Waals surface area (Å²) in [6.45, 7) is -3.77. The number of aromatic hydroxyl groups is 1. The second-order valence-electron chi connectivity index (χ2n) is 11.4. The van der Waals surface area contributed by atoms with E-state index in [1.165, 1.54) is 32.4 Å². The molecule has 0 amide bonds. The van der Waals surface area contributed by atoms with Crippen molar-refractivity contribution in [2.75, 3.05) is 40.6 Å². The van der Waals surface area contributed by atoms with Crippen LogP contribution in [0.4, 0.5) is 0 Å². The molecular weight excluding hydrogens is 668 g/mol. The van der Waals surface area contributed by atoms with Crippen LogP contribution in [-0.4, -0.2) is 188 Å². The number of aliphatic hydroxyl groups excluding tert-OH is 10. The summed E-state index contributed by atoms with van der Waals surface area (Å²) in [6.07, 6.45) is -21.3. The van der Waals surface area contributed by atoms with E-state index in [4.69, 9.17) is 37.9 Å². The molecule has 0 aliphatic carbocycles. The van der Waals surface area contributed by atoms with Crippen molar-refractivity contribution in [2.24, 2.45) is 0 Å². The monoisotopic (exact) mass is 710 g/mol. The van der Waals surface area contributed by atoms with Gasteiger partial charge in [0.15, 0.2) is 30.2 Å². The van der Waals surface area contributed by atoms with E-state index in [1.54, 1.807) is 0 Å². The summed E-state index contributed by atoms with van der Waals surface area (Å²) < 4.78 is 43.1. The van der Waals surface area contributed by atoms with Gasteiger partial charge in [0.2, 0.25) is 11.5 Å². The molecule has 3 heterocycles. The van der Waals surface area contributed by atoms with Gasteiger partial charge in [0.25, 0.3) is 0 Å². The summed E-state index contributed by atoms with van der Waals surface area (Å²) in [7, 11) is 2.59. The molecule has 0 bridgehead atoms. The van der Waals surface area contributed by atoms with Crippen LogP contribution in [0.3, 0.4) is 0 Å². The Hall–Kier alpha value is -2.77. The molecular formula is C29H42O20. The van der Waals surface area contributed by atoms with Crippen LogP contribution in [0.5, 0.6) is 17.2 Å². The van der Waals surface area contributed by atoms with E-state index in [9.17, 15) is 61.0 Å². The van der Waals surface area contributed by atoms with Gasteiger partial charge < -0.3 is 94.1 Å². The van der Waals surface area contributed by atoms with Crippen molar-refractivity contribution in [2.45, 2.75) is 85.5 Å². The Morgan fingerprint density at radius 2 is 1.35 bits per heavy atom. The molecule has 0 aromatic heterocycles. The fourth-order valence-electron chi connectivity index (χ4n) is 5.59. The first-order valence-corrected chi connectivity index (χ1v) is 15.0. The third-order valence-corrected chi connectivity index (χ3v) is 8.31. The molecule has 3 aliphatic heterocycles. The highest BCUT2D eigenvalue weighted by Gasteiger charge is 2.61. The zero-order valence-corrected chi connectivity index (χ0v) is 26.2. The zero-order valence-electron chi connectivity index (χ0n) is 26.2. The van der Waals surface area contributed by atoms with Gasteiger partial charge in [-0.05, 0) is 23.8 Å². The second-order valence-corrected chi connectivity index (χ2v) is 11.4. The van der Waals surface area contributed by atoms with Gasteiger partial charge in [-0.3, -0.25) is 0 Å². The molecule has 0 unspecified atom stereocenters. The maximum absolute atomic E-state index is 12.9. The van der Waals surface area contributed by atoms with Crippen LogP contribution in [0.2, 0.25) is 0 Å². The highest BCUT2D eigenvalue weighted by Crippen LogP contribution is 2.40. The number of phenols is 1. The van der Waals surface area contributed by atoms with Gasteiger partial charge in [-0.25, -0.2) is 4.79 Å². The van der Waals surface area contributed by atoms with E-state index in [0.717, 1.165) is 6.08 Å². The van der Waals surface area contributed by atoms with E-state index in [-0.39, 0.29) is 17.2 Å². The first-order chi connectivity index (χ1) is 23.3. The molecule has 14 atom stereocenters. The summed E-state index contributed by atoms with van der Waals surface area (Å²) in [6, 6.07) is 2.74.